The van der Waals surface area contributed by atoms with E-state index < -0.39 is 0 Å². The van der Waals surface area contributed by atoms with E-state index in [1.165, 1.54) is 12.8 Å². The molecule has 1 aliphatic rings. The number of amides is 1. The van der Waals surface area contributed by atoms with Crippen molar-refractivity contribution < 1.29 is 4.79 Å². The number of anilines is 1. The van der Waals surface area contributed by atoms with E-state index in [-0.39, 0.29) is 11.9 Å². The number of aromatic nitrogens is 1. The van der Waals surface area contributed by atoms with Gasteiger partial charge in [0.25, 0.3) is 0 Å². The third-order valence-electron chi connectivity index (χ3n) is 3.35. The average molecular weight is 233 g/mol. The highest BCUT2D eigenvalue weighted by Crippen LogP contribution is 2.25. The normalized spacial score (nSPS) is 24.3. The van der Waals surface area contributed by atoms with Crippen LogP contribution in [-0.4, -0.2) is 16.9 Å². The minimum Gasteiger partial charge on any atom is -0.327 e. The van der Waals surface area contributed by atoms with Gasteiger partial charge in [-0.15, -0.1) is 0 Å². The first kappa shape index (κ1) is 12.0. The molecule has 1 heterocycles. The molecule has 3 N–H and O–H groups in total. The van der Waals surface area contributed by atoms with Gasteiger partial charge in [0.15, 0.2) is 0 Å². The van der Waals surface area contributed by atoms with E-state index >= 15 is 0 Å². The minimum atomic E-state index is 0.0195. The molecule has 92 valence electrons. The van der Waals surface area contributed by atoms with E-state index in [1.807, 2.05) is 12.1 Å². The Balaban J connectivity index is 1.84. The number of carbonyl (C=O) groups excluding carboxylic acids is 1. The maximum Gasteiger partial charge on any atom is 0.225 e. The van der Waals surface area contributed by atoms with Crippen molar-refractivity contribution in [2.45, 2.75) is 38.1 Å². The van der Waals surface area contributed by atoms with Gasteiger partial charge in [0.1, 0.15) is 5.82 Å². The lowest BCUT2D eigenvalue weighted by molar-refractivity contribution is -0.117. The number of carbonyl (C=O) groups is 1. The molecule has 0 saturated heterocycles. The summed E-state index contributed by atoms with van der Waals surface area (Å²) < 4.78 is 0. The number of nitrogens with one attached hydrogen (secondary N) is 1. The fraction of sp³-hybridized carbons (Fsp3) is 0.538. The summed E-state index contributed by atoms with van der Waals surface area (Å²) in [5, 5.41) is 2.80. The lowest BCUT2D eigenvalue weighted by Gasteiger charge is -2.27. The Bertz CT molecular complexity index is 366. The maximum atomic E-state index is 11.8. The van der Waals surface area contributed by atoms with Crippen LogP contribution in [0.5, 0.6) is 0 Å². The summed E-state index contributed by atoms with van der Waals surface area (Å²) in [7, 11) is 0. The van der Waals surface area contributed by atoms with E-state index in [9.17, 15) is 4.79 Å². The highest BCUT2D eigenvalue weighted by atomic mass is 16.1. The molecule has 2 atom stereocenters. The Labute approximate surface area is 102 Å². The van der Waals surface area contributed by atoms with E-state index in [2.05, 4.69) is 10.3 Å². The number of hydrogen-bond acceptors (Lipinski definition) is 3. The fourth-order valence-corrected chi connectivity index (χ4v) is 2.36. The van der Waals surface area contributed by atoms with Gasteiger partial charge in [0.2, 0.25) is 5.91 Å². The number of nitrogens with zero attached hydrogens (tertiary/aromatic N) is 1. The first-order valence-electron chi connectivity index (χ1n) is 6.22. The molecule has 2 unspecified atom stereocenters. The largest absolute Gasteiger partial charge is 0.327 e. The Morgan fingerprint density at radius 3 is 2.94 bits per heavy atom. The zero-order valence-corrected chi connectivity index (χ0v) is 9.93. The van der Waals surface area contributed by atoms with Crippen molar-refractivity contribution in [2.24, 2.45) is 11.7 Å². The third kappa shape index (κ3) is 3.53. The molecule has 1 saturated carbocycles. The second-order valence-electron chi connectivity index (χ2n) is 4.68. The summed E-state index contributed by atoms with van der Waals surface area (Å²) in [6.45, 7) is 0. The van der Waals surface area contributed by atoms with Crippen LogP contribution in [0, 0.1) is 5.92 Å². The van der Waals surface area contributed by atoms with Crippen molar-refractivity contribution in [1.29, 1.82) is 0 Å². The molecule has 0 aromatic carbocycles. The lowest BCUT2D eigenvalue weighted by Crippen LogP contribution is -2.35. The van der Waals surface area contributed by atoms with E-state index in [0.717, 1.165) is 12.8 Å². The second kappa shape index (κ2) is 5.77. The quantitative estimate of drug-likeness (QED) is 0.838. The zero-order chi connectivity index (χ0) is 12.1. The van der Waals surface area contributed by atoms with Gasteiger partial charge in [-0.25, -0.2) is 4.98 Å². The van der Waals surface area contributed by atoms with Crippen molar-refractivity contribution in [2.75, 3.05) is 5.32 Å². The molecule has 0 aliphatic heterocycles. The molecule has 1 aliphatic carbocycles. The number of hydrogen-bond donors (Lipinski definition) is 2. The number of rotatable bonds is 3. The predicted octanol–water partition coefficient (Wildman–Crippen LogP) is 1.93. The molecule has 4 nitrogen and oxygen atoms in total. The SMILES string of the molecule is NC1CCCCC1CC(=O)Nc1ccccn1. The molecule has 0 radical (unpaired) electrons. The Hall–Kier alpha value is -1.42. The van der Waals surface area contributed by atoms with Gasteiger partial charge < -0.3 is 11.1 Å². The van der Waals surface area contributed by atoms with Gasteiger partial charge in [-0.2, -0.15) is 0 Å². The van der Waals surface area contributed by atoms with Crippen LogP contribution in [0.3, 0.4) is 0 Å². The summed E-state index contributed by atoms with van der Waals surface area (Å²) in [5.41, 5.74) is 6.03. The summed E-state index contributed by atoms with van der Waals surface area (Å²) in [4.78, 5) is 15.9. The molecular formula is C13H19N3O. The number of pyridine rings is 1. The third-order valence-corrected chi connectivity index (χ3v) is 3.35. The Kier molecular flexibility index (Phi) is 4.09. The van der Waals surface area contributed by atoms with Gasteiger partial charge in [0, 0.05) is 18.7 Å². The summed E-state index contributed by atoms with van der Waals surface area (Å²) in [5.74, 6) is 0.959. The van der Waals surface area contributed by atoms with Crippen LogP contribution in [-0.2, 0) is 4.79 Å². The smallest absolute Gasteiger partial charge is 0.225 e. The van der Waals surface area contributed by atoms with Crippen molar-refractivity contribution in [3.63, 3.8) is 0 Å². The summed E-state index contributed by atoms with van der Waals surface area (Å²) in [6, 6.07) is 5.65. The molecule has 1 fully saturated rings. The van der Waals surface area contributed by atoms with E-state index in [4.69, 9.17) is 5.73 Å². The van der Waals surface area contributed by atoms with E-state index in [1.54, 1.807) is 12.3 Å². The monoisotopic (exact) mass is 233 g/mol. The molecule has 2 rings (SSSR count). The van der Waals surface area contributed by atoms with Gasteiger partial charge in [-0.05, 0) is 30.9 Å². The molecule has 4 heteroatoms. The second-order valence-corrected chi connectivity index (χ2v) is 4.68. The standard InChI is InChI=1S/C13H19N3O/c14-11-6-2-1-5-10(11)9-13(17)16-12-7-3-4-8-15-12/h3-4,7-8,10-11H,1-2,5-6,9,14H2,(H,15,16,17). The summed E-state index contributed by atoms with van der Waals surface area (Å²) >= 11 is 0. The predicted molar refractivity (Wildman–Crippen MR) is 67.4 cm³/mol. The minimum absolute atomic E-state index is 0.0195. The highest BCUT2D eigenvalue weighted by Gasteiger charge is 2.24. The van der Waals surface area contributed by atoms with Crippen LogP contribution in [0.25, 0.3) is 0 Å². The van der Waals surface area contributed by atoms with Crippen LogP contribution in [0.15, 0.2) is 24.4 Å². The van der Waals surface area contributed by atoms with Gasteiger partial charge in [-0.3, -0.25) is 4.79 Å². The van der Waals surface area contributed by atoms with Gasteiger partial charge >= 0.3 is 0 Å². The van der Waals surface area contributed by atoms with Crippen LogP contribution in [0.4, 0.5) is 5.82 Å². The van der Waals surface area contributed by atoms with Crippen LogP contribution >= 0.6 is 0 Å². The average Bonchev–Trinajstić information content (AvgIpc) is 2.33. The Morgan fingerprint density at radius 2 is 2.24 bits per heavy atom. The molecule has 1 aromatic heterocycles. The maximum absolute atomic E-state index is 11.8. The summed E-state index contributed by atoms with van der Waals surface area (Å²) in [6.07, 6.45) is 6.67. The van der Waals surface area contributed by atoms with Crippen molar-refractivity contribution in [3.8, 4) is 0 Å². The Morgan fingerprint density at radius 1 is 1.41 bits per heavy atom. The number of nitrogens with two attached hydrogens (primary N) is 1. The molecular weight excluding hydrogens is 214 g/mol. The van der Waals surface area contributed by atoms with Crippen LogP contribution in [0.2, 0.25) is 0 Å². The molecule has 0 bridgehead atoms. The van der Waals surface area contributed by atoms with Crippen LogP contribution < -0.4 is 11.1 Å². The highest BCUT2D eigenvalue weighted by molar-refractivity contribution is 5.89. The molecule has 17 heavy (non-hydrogen) atoms. The van der Waals surface area contributed by atoms with Crippen molar-refractivity contribution in [3.05, 3.63) is 24.4 Å². The lowest BCUT2D eigenvalue weighted by atomic mass is 9.83. The molecule has 1 amide bonds. The fourth-order valence-electron chi connectivity index (χ4n) is 2.36. The molecule has 0 spiro atoms. The first-order valence-corrected chi connectivity index (χ1v) is 6.22. The van der Waals surface area contributed by atoms with Crippen molar-refractivity contribution in [1.82, 2.24) is 4.98 Å². The van der Waals surface area contributed by atoms with Crippen LogP contribution in [0.1, 0.15) is 32.1 Å². The zero-order valence-electron chi connectivity index (χ0n) is 9.93. The van der Waals surface area contributed by atoms with Gasteiger partial charge in [0.05, 0.1) is 0 Å². The molecule has 1 aromatic rings. The first-order chi connectivity index (χ1) is 8.25. The van der Waals surface area contributed by atoms with Gasteiger partial charge in [-0.1, -0.05) is 18.9 Å². The van der Waals surface area contributed by atoms with Crippen molar-refractivity contribution >= 4 is 11.7 Å². The van der Waals surface area contributed by atoms with E-state index in [0.29, 0.717) is 18.2 Å². The topological polar surface area (TPSA) is 68.0 Å².